The second-order valence-corrected chi connectivity index (χ2v) is 3.45. The molecule has 0 aliphatic heterocycles. The molecule has 0 saturated heterocycles. The molecule has 0 radical (unpaired) electrons. The van der Waals surface area contributed by atoms with Crippen molar-refractivity contribution in [2.24, 2.45) is 5.92 Å². The minimum Gasteiger partial charge on any atom is -0.466 e. The molecule has 2 atom stereocenters. The van der Waals surface area contributed by atoms with E-state index in [1.165, 1.54) is 6.92 Å². The Kier molecular flexibility index (Phi) is 8.57. The quantitative estimate of drug-likeness (QED) is 0.472. The lowest BCUT2D eigenvalue weighted by Crippen LogP contribution is -2.28. The van der Waals surface area contributed by atoms with Gasteiger partial charge in [-0.2, -0.15) is 0 Å². The van der Waals surface area contributed by atoms with Crippen molar-refractivity contribution < 1.29 is 28.9 Å². The molecule has 0 fully saturated rings. The Bertz CT molecular complexity index is 240. The SMILES string of the molecule is CCOC(=O)C(COC(O)OCC)CC(C)=O. The van der Waals surface area contributed by atoms with Crippen molar-refractivity contribution in [2.75, 3.05) is 19.8 Å². The van der Waals surface area contributed by atoms with Crippen LogP contribution >= 0.6 is 0 Å². The molecule has 6 heteroatoms. The lowest BCUT2D eigenvalue weighted by atomic mass is 10.0. The van der Waals surface area contributed by atoms with Gasteiger partial charge in [0.25, 0.3) is 6.48 Å². The normalized spacial score (nSPS) is 14.1. The van der Waals surface area contributed by atoms with Crippen LogP contribution in [0, 0.1) is 5.92 Å². The Morgan fingerprint density at radius 3 is 2.29 bits per heavy atom. The highest BCUT2D eigenvalue weighted by Gasteiger charge is 2.23. The smallest absolute Gasteiger partial charge is 0.311 e. The van der Waals surface area contributed by atoms with E-state index in [0.717, 1.165) is 0 Å². The van der Waals surface area contributed by atoms with Gasteiger partial charge < -0.3 is 24.1 Å². The lowest BCUT2D eigenvalue weighted by Gasteiger charge is -2.17. The van der Waals surface area contributed by atoms with Crippen molar-refractivity contribution in [2.45, 2.75) is 33.7 Å². The molecule has 0 aliphatic carbocycles. The molecular formula is C11H20O6. The molecule has 0 bridgehead atoms. The van der Waals surface area contributed by atoms with E-state index < -0.39 is 18.4 Å². The summed E-state index contributed by atoms with van der Waals surface area (Å²) in [6.45, 7) is 3.79. The van der Waals surface area contributed by atoms with Crippen LogP contribution in [0.15, 0.2) is 0 Å². The molecule has 17 heavy (non-hydrogen) atoms. The molecule has 0 spiro atoms. The van der Waals surface area contributed by atoms with Gasteiger partial charge in [0.15, 0.2) is 0 Å². The molecule has 100 valence electrons. The maximum atomic E-state index is 11.5. The zero-order valence-corrected chi connectivity index (χ0v) is 10.5. The maximum Gasteiger partial charge on any atom is 0.311 e. The fourth-order valence-corrected chi connectivity index (χ4v) is 1.21. The van der Waals surface area contributed by atoms with E-state index in [-0.39, 0.29) is 32.0 Å². The van der Waals surface area contributed by atoms with Crippen molar-refractivity contribution >= 4 is 11.8 Å². The summed E-state index contributed by atoms with van der Waals surface area (Å²) >= 11 is 0. The first-order chi connectivity index (χ1) is 8.01. The highest BCUT2D eigenvalue weighted by atomic mass is 16.8. The summed E-state index contributed by atoms with van der Waals surface area (Å²) in [5.74, 6) is -1.36. The molecule has 0 saturated carbocycles. The standard InChI is InChI=1S/C11H20O6/c1-4-15-10(13)9(6-8(3)12)7-17-11(14)16-5-2/h9,11,14H,4-7H2,1-3H3. The Balaban J connectivity index is 4.18. The van der Waals surface area contributed by atoms with E-state index in [0.29, 0.717) is 0 Å². The third-order valence-electron chi connectivity index (χ3n) is 1.90. The highest BCUT2D eigenvalue weighted by Crippen LogP contribution is 2.09. The van der Waals surface area contributed by atoms with Gasteiger partial charge in [-0.25, -0.2) is 0 Å². The molecule has 1 N–H and O–H groups in total. The molecule has 2 unspecified atom stereocenters. The largest absolute Gasteiger partial charge is 0.466 e. The number of carbonyl (C=O) groups excluding carboxylic acids is 2. The summed E-state index contributed by atoms with van der Waals surface area (Å²) in [6.07, 6.45) is 0.0255. The predicted molar refractivity (Wildman–Crippen MR) is 59.0 cm³/mol. The third-order valence-corrected chi connectivity index (χ3v) is 1.90. The molecule has 0 heterocycles. The Morgan fingerprint density at radius 1 is 1.18 bits per heavy atom. The molecule has 0 aromatic rings. The van der Waals surface area contributed by atoms with Crippen molar-refractivity contribution in [1.82, 2.24) is 0 Å². The summed E-state index contributed by atoms with van der Waals surface area (Å²) in [5.41, 5.74) is 0. The summed E-state index contributed by atoms with van der Waals surface area (Å²) < 4.78 is 14.4. The fourth-order valence-electron chi connectivity index (χ4n) is 1.21. The van der Waals surface area contributed by atoms with E-state index in [2.05, 4.69) is 0 Å². The average molecular weight is 248 g/mol. The zero-order valence-electron chi connectivity index (χ0n) is 10.5. The Morgan fingerprint density at radius 2 is 1.82 bits per heavy atom. The number of aliphatic hydroxyl groups excluding tert-OH is 1. The van der Waals surface area contributed by atoms with Gasteiger partial charge in [0.2, 0.25) is 0 Å². The molecular weight excluding hydrogens is 228 g/mol. The number of hydrogen-bond donors (Lipinski definition) is 1. The summed E-state index contributed by atoms with van der Waals surface area (Å²) in [5, 5.41) is 9.16. The third kappa shape index (κ3) is 7.84. The Hall–Kier alpha value is -0.980. The van der Waals surface area contributed by atoms with E-state index in [1.54, 1.807) is 13.8 Å². The summed E-state index contributed by atoms with van der Waals surface area (Å²) in [4.78, 5) is 22.4. The molecule has 6 nitrogen and oxygen atoms in total. The number of hydrogen-bond acceptors (Lipinski definition) is 6. The zero-order chi connectivity index (χ0) is 13.3. The number of Topliss-reactive ketones (excluding diaryl/α,β-unsaturated/α-hetero) is 1. The maximum absolute atomic E-state index is 11.5. The van der Waals surface area contributed by atoms with Crippen molar-refractivity contribution in [3.05, 3.63) is 0 Å². The monoisotopic (exact) mass is 248 g/mol. The highest BCUT2D eigenvalue weighted by molar-refractivity contribution is 5.82. The van der Waals surface area contributed by atoms with Crippen molar-refractivity contribution in [3.63, 3.8) is 0 Å². The van der Waals surface area contributed by atoms with E-state index >= 15 is 0 Å². The van der Waals surface area contributed by atoms with E-state index in [4.69, 9.17) is 19.3 Å². The Labute approximate surface area is 101 Å². The van der Waals surface area contributed by atoms with Gasteiger partial charge in [-0.05, 0) is 20.8 Å². The van der Waals surface area contributed by atoms with Gasteiger partial charge in [-0.15, -0.1) is 0 Å². The van der Waals surface area contributed by atoms with Gasteiger partial charge in [0.05, 0.1) is 19.1 Å². The second kappa shape index (κ2) is 9.09. The number of rotatable bonds is 9. The van der Waals surface area contributed by atoms with Crippen LogP contribution in [0.3, 0.4) is 0 Å². The van der Waals surface area contributed by atoms with Gasteiger partial charge in [-0.3, -0.25) is 4.79 Å². The van der Waals surface area contributed by atoms with Gasteiger partial charge in [0, 0.05) is 13.0 Å². The predicted octanol–water partition coefficient (Wildman–Crippen LogP) is 0.474. The first kappa shape index (κ1) is 16.0. The summed E-state index contributed by atoms with van der Waals surface area (Å²) in [6, 6.07) is 0. The number of esters is 1. The lowest BCUT2D eigenvalue weighted by molar-refractivity contribution is -0.265. The van der Waals surface area contributed by atoms with Gasteiger partial charge >= 0.3 is 5.97 Å². The average Bonchev–Trinajstić information content (AvgIpc) is 2.24. The van der Waals surface area contributed by atoms with Crippen molar-refractivity contribution in [3.8, 4) is 0 Å². The topological polar surface area (TPSA) is 82.1 Å². The van der Waals surface area contributed by atoms with Crippen LogP contribution in [0.2, 0.25) is 0 Å². The van der Waals surface area contributed by atoms with E-state index in [9.17, 15) is 9.59 Å². The second-order valence-electron chi connectivity index (χ2n) is 3.45. The molecule has 0 aromatic carbocycles. The minimum atomic E-state index is -1.39. The molecule has 0 aliphatic rings. The summed E-state index contributed by atoms with van der Waals surface area (Å²) in [7, 11) is 0. The number of ketones is 1. The number of carbonyl (C=O) groups is 2. The van der Waals surface area contributed by atoms with Crippen LogP contribution in [-0.4, -0.2) is 43.2 Å². The molecule has 0 amide bonds. The minimum absolute atomic E-state index is 0.0255. The molecule has 0 aromatic heterocycles. The first-order valence-corrected chi connectivity index (χ1v) is 5.58. The van der Waals surface area contributed by atoms with Gasteiger partial charge in [-0.1, -0.05) is 0 Å². The van der Waals surface area contributed by atoms with Crippen LogP contribution in [0.1, 0.15) is 27.2 Å². The van der Waals surface area contributed by atoms with E-state index in [1.807, 2.05) is 0 Å². The fraction of sp³-hybridized carbons (Fsp3) is 0.818. The van der Waals surface area contributed by atoms with Crippen LogP contribution < -0.4 is 0 Å². The van der Waals surface area contributed by atoms with Crippen molar-refractivity contribution in [1.29, 1.82) is 0 Å². The van der Waals surface area contributed by atoms with Crippen LogP contribution in [0.4, 0.5) is 0 Å². The number of ether oxygens (including phenoxy) is 3. The number of aliphatic hydroxyl groups is 1. The van der Waals surface area contributed by atoms with Gasteiger partial charge in [0.1, 0.15) is 5.78 Å². The molecule has 0 rings (SSSR count). The van der Waals surface area contributed by atoms with Crippen LogP contribution in [0.5, 0.6) is 0 Å². The first-order valence-electron chi connectivity index (χ1n) is 5.58. The van der Waals surface area contributed by atoms with Crippen LogP contribution in [-0.2, 0) is 23.8 Å². The van der Waals surface area contributed by atoms with Crippen LogP contribution in [0.25, 0.3) is 0 Å².